The minimum atomic E-state index is -0.261. The van der Waals surface area contributed by atoms with E-state index in [0.717, 1.165) is 21.7 Å². The molecule has 0 aromatic heterocycles. The van der Waals surface area contributed by atoms with Crippen molar-refractivity contribution >= 4 is 35.0 Å². The summed E-state index contributed by atoms with van der Waals surface area (Å²) in [5, 5.41) is 2.84. The molecule has 2 amide bonds. The third-order valence-electron chi connectivity index (χ3n) is 4.45. The summed E-state index contributed by atoms with van der Waals surface area (Å²) in [5.74, 6) is -0.567. The van der Waals surface area contributed by atoms with Crippen molar-refractivity contribution in [2.75, 3.05) is 25.2 Å². The molecule has 0 radical (unpaired) electrons. The molecule has 28 heavy (non-hydrogen) atoms. The van der Waals surface area contributed by atoms with Crippen molar-refractivity contribution in [2.45, 2.75) is 31.6 Å². The largest absolute Gasteiger partial charge is 0.336 e. The average Bonchev–Trinajstić information content (AvgIpc) is 2.68. The van der Waals surface area contributed by atoms with Crippen molar-refractivity contribution in [3.8, 4) is 0 Å². The van der Waals surface area contributed by atoms with Crippen molar-refractivity contribution in [1.29, 1.82) is 0 Å². The fraction of sp³-hybridized carbons (Fsp3) is 0.318. The van der Waals surface area contributed by atoms with Crippen LogP contribution in [0, 0.1) is 13.8 Å². The van der Waals surface area contributed by atoms with Gasteiger partial charge in [0.25, 0.3) is 0 Å². The molecular weight excluding hydrogens is 372 g/mol. The highest BCUT2D eigenvalue weighted by Crippen LogP contribution is 2.17. The highest BCUT2D eigenvalue weighted by molar-refractivity contribution is 7.98. The van der Waals surface area contributed by atoms with E-state index < -0.39 is 0 Å². The van der Waals surface area contributed by atoms with Gasteiger partial charge in [-0.25, -0.2) is 0 Å². The van der Waals surface area contributed by atoms with E-state index in [1.54, 1.807) is 30.9 Å². The van der Waals surface area contributed by atoms with Gasteiger partial charge in [0.15, 0.2) is 5.78 Å². The number of hydrogen-bond donors (Lipinski definition) is 1. The molecule has 0 bridgehead atoms. The van der Waals surface area contributed by atoms with E-state index in [1.165, 1.54) is 4.90 Å². The second kappa shape index (κ2) is 10.1. The molecule has 0 unspecified atom stereocenters. The summed E-state index contributed by atoms with van der Waals surface area (Å²) >= 11 is 1.61. The van der Waals surface area contributed by atoms with Gasteiger partial charge in [0.1, 0.15) is 0 Å². The number of ketones is 1. The Labute approximate surface area is 170 Å². The van der Waals surface area contributed by atoms with Crippen LogP contribution in [0.3, 0.4) is 0 Å². The van der Waals surface area contributed by atoms with Crippen LogP contribution in [0.2, 0.25) is 0 Å². The van der Waals surface area contributed by atoms with Crippen LogP contribution >= 0.6 is 11.8 Å². The van der Waals surface area contributed by atoms with Gasteiger partial charge in [-0.15, -0.1) is 11.8 Å². The molecule has 0 aliphatic rings. The monoisotopic (exact) mass is 398 g/mol. The number of carbonyl (C=O) groups is 3. The number of aryl methyl sites for hydroxylation is 2. The summed E-state index contributed by atoms with van der Waals surface area (Å²) in [6, 6.07) is 13.2. The number of amides is 2. The summed E-state index contributed by atoms with van der Waals surface area (Å²) in [5.41, 5.74) is 3.36. The van der Waals surface area contributed by atoms with Gasteiger partial charge in [-0.2, -0.15) is 0 Å². The lowest BCUT2D eigenvalue weighted by atomic mass is 10.1. The van der Waals surface area contributed by atoms with Crippen LogP contribution in [0.15, 0.2) is 47.4 Å². The Morgan fingerprint density at radius 1 is 1.00 bits per heavy atom. The van der Waals surface area contributed by atoms with Crippen molar-refractivity contribution < 1.29 is 14.4 Å². The predicted molar refractivity (Wildman–Crippen MR) is 114 cm³/mol. The van der Waals surface area contributed by atoms with E-state index >= 15 is 0 Å². The Bertz CT molecular complexity index is 863. The lowest BCUT2D eigenvalue weighted by molar-refractivity contribution is -0.133. The topological polar surface area (TPSA) is 66.5 Å². The highest BCUT2D eigenvalue weighted by Gasteiger charge is 2.16. The maximum Gasteiger partial charge on any atom is 0.243 e. The predicted octanol–water partition coefficient (Wildman–Crippen LogP) is 4.09. The molecular formula is C22H26N2O3S. The van der Waals surface area contributed by atoms with Crippen molar-refractivity contribution in [3.63, 3.8) is 0 Å². The summed E-state index contributed by atoms with van der Waals surface area (Å²) in [6.45, 7) is 3.82. The normalized spacial score (nSPS) is 10.4. The van der Waals surface area contributed by atoms with Crippen molar-refractivity contribution in [2.24, 2.45) is 0 Å². The Morgan fingerprint density at radius 2 is 1.68 bits per heavy atom. The van der Waals surface area contributed by atoms with E-state index in [9.17, 15) is 14.4 Å². The first-order valence-corrected chi connectivity index (χ1v) is 10.3. The van der Waals surface area contributed by atoms with Crippen LogP contribution < -0.4 is 5.32 Å². The van der Waals surface area contributed by atoms with Gasteiger partial charge < -0.3 is 10.2 Å². The summed E-state index contributed by atoms with van der Waals surface area (Å²) in [6.07, 6.45) is 2.18. The zero-order chi connectivity index (χ0) is 20.7. The molecule has 0 aliphatic heterocycles. The van der Waals surface area contributed by atoms with Gasteiger partial charge in [-0.3, -0.25) is 14.4 Å². The quantitative estimate of drug-likeness (QED) is 0.537. The molecule has 1 N–H and O–H groups in total. The van der Waals surface area contributed by atoms with Crippen LogP contribution in [0.25, 0.3) is 0 Å². The average molecular weight is 399 g/mol. The number of carbonyl (C=O) groups excluding carboxylic acids is 3. The SMILES string of the molecule is CSc1ccc(C(=O)CCC(=O)N(C)CC(=O)Nc2cc(C)ccc2C)cc1. The number of thioether (sulfide) groups is 1. The number of nitrogens with zero attached hydrogens (tertiary/aromatic N) is 1. The fourth-order valence-electron chi connectivity index (χ4n) is 2.70. The van der Waals surface area contributed by atoms with E-state index in [2.05, 4.69) is 5.32 Å². The Balaban J connectivity index is 1.83. The Morgan fingerprint density at radius 3 is 2.32 bits per heavy atom. The number of likely N-dealkylation sites (N-methyl/N-ethyl adjacent to an activating group) is 1. The first-order valence-electron chi connectivity index (χ1n) is 9.08. The number of hydrogen-bond acceptors (Lipinski definition) is 4. The van der Waals surface area contributed by atoms with Crippen LogP contribution in [0.5, 0.6) is 0 Å². The van der Waals surface area contributed by atoms with Gasteiger partial charge in [0, 0.05) is 36.0 Å². The van der Waals surface area contributed by atoms with Gasteiger partial charge >= 0.3 is 0 Å². The number of Topliss-reactive ketones (excluding diaryl/α,β-unsaturated/α-hetero) is 1. The first-order chi connectivity index (χ1) is 13.3. The van der Waals surface area contributed by atoms with Crippen LogP contribution in [-0.4, -0.2) is 42.3 Å². The van der Waals surface area contributed by atoms with Gasteiger partial charge in [0.05, 0.1) is 6.54 Å². The minimum Gasteiger partial charge on any atom is -0.336 e. The van der Waals surface area contributed by atoms with Crippen molar-refractivity contribution in [1.82, 2.24) is 4.90 Å². The molecule has 0 atom stereocenters. The number of rotatable bonds is 8. The molecule has 148 valence electrons. The molecule has 2 aromatic rings. The Kier molecular flexibility index (Phi) is 7.81. The summed E-state index contributed by atoms with van der Waals surface area (Å²) < 4.78 is 0. The van der Waals surface area contributed by atoms with Gasteiger partial charge in [-0.1, -0.05) is 24.3 Å². The zero-order valence-electron chi connectivity index (χ0n) is 16.7. The number of nitrogens with one attached hydrogen (secondary N) is 1. The molecule has 0 saturated heterocycles. The molecule has 0 spiro atoms. The molecule has 2 rings (SSSR count). The summed E-state index contributed by atoms with van der Waals surface area (Å²) in [7, 11) is 1.57. The molecule has 0 saturated carbocycles. The molecule has 0 fully saturated rings. The second-order valence-electron chi connectivity index (χ2n) is 6.77. The standard InChI is InChI=1S/C22H26N2O3S/c1-15-5-6-16(2)19(13-15)23-21(26)14-24(3)22(27)12-11-20(25)17-7-9-18(28-4)10-8-17/h5-10,13H,11-12,14H2,1-4H3,(H,23,26). The number of anilines is 1. The zero-order valence-corrected chi connectivity index (χ0v) is 17.6. The molecule has 0 aliphatic carbocycles. The lowest BCUT2D eigenvalue weighted by Gasteiger charge is -2.17. The smallest absolute Gasteiger partial charge is 0.243 e. The number of benzene rings is 2. The second-order valence-corrected chi connectivity index (χ2v) is 7.65. The maximum atomic E-state index is 12.3. The first kappa shape index (κ1) is 21.7. The van der Waals surface area contributed by atoms with Crippen LogP contribution in [0.1, 0.15) is 34.3 Å². The van der Waals surface area contributed by atoms with Crippen LogP contribution in [-0.2, 0) is 9.59 Å². The molecule has 5 nitrogen and oxygen atoms in total. The van der Waals surface area contributed by atoms with Crippen LogP contribution in [0.4, 0.5) is 5.69 Å². The van der Waals surface area contributed by atoms with E-state index in [-0.39, 0.29) is 37.0 Å². The van der Waals surface area contributed by atoms with E-state index in [4.69, 9.17) is 0 Å². The van der Waals surface area contributed by atoms with Gasteiger partial charge in [-0.05, 0) is 49.4 Å². The van der Waals surface area contributed by atoms with Crippen molar-refractivity contribution in [3.05, 3.63) is 59.2 Å². The molecule has 2 aromatic carbocycles. The molecule has 0 heterocycles. The highest BCUT2D eigenvalue weighted by atomic mass is 32.2. The fourth-order valence-corrected chi connectivity index (χ4v) is 3.10. The Hall–Kier alpha value is -2.60. The van der Waals surface area contributed by atoms with Gasteiger partial charge in [0.2, 0.25) is 11.8 Å². The summed E-state index contributed by atoms with van der Waals surface area (Å²) in [4.78, 5) is 39.2. The minimum absolute atomic E-state index is 0.0528. The maximum absolute atomic E-state index is 12.3. The van der Waals surface area contributed by atoms with E-state index in [1.807, 2.05) is 50.4 Å². The van der Waals surface area contributed by atoms with E-state index in [0.29, 0.717) is 5.56 Å². The third kappa shape index (κ3) is 6.23. The molecule has 6 heteroatoms. The third-order valence-corrected chi connectivity index (χ3v) is 5.20. The lowest BCUT2D eigenvalue weighted by Crippen LogP contribution is -2.35.